The average Bonchev–Trinajstić information content (AvgIpc) is 3.18. The Hall–Kier alpha value is -1.82. The zero-order valence-electron chi connectivity index (χ0n) is 34.9. The highest BCUT2D eigenvalue weighted by Gasteiger charge is 2.44. The summed E-state index contributed by atoms with van der Waals surface area (Å²) >= 11 is 0. The van der Waals surface area contributed by atoms with Gasteiger partial charge in [0.25, 0.3) is 0 Å². The fourth-order valence-electron chi connectivity index (χ4n) is 6.77. The number of esters is 2. The van der Waals surface area contributed by atoms with Crippen molar-refractivity contribution in [2.75, 3.05) is 19.8 Å². The van der Waals surface area contributed by atoms with Crippen LogP contribution in [-0.4, -0.2) is 89.0 Å². The first-order valence-corrected chi connectivity index (χ1v) is 22.4. The van der Waals surface area contributed by atoms with Gasteiger partial charge in [-0.15, -0.1) is 0 Å². The van der Waals surface area contributed by atoms with Crippen LogP contribution in [-0.2, 0) is 28.5 Å². The van der Waals surface area contributed by atoms with Gasteiger partial charge in [-0.3, -0.25) is 9.59 Å². The summed E-state index contributed by atoms with van der Waals surface area (Å²) < 4.78 is 22.1. The first-order valence-electron chi connectivity index (χ1n) is 22.4. The summed E-state index contributed by atoms with van der Waals surface area (Å²) in [7, 11) is 0. The van der Waals surface area contributed by atoms with Gasteiger partial charge < -0.3 is 39.4 Å². The zero-order chi connectivity index (χ0) is 40.2. The van der Waals surface area contributed by atoms with Crippen LogP contribution in [0, 0.1) is 0 Å². The molecule has 0 bridgehead atoms. The minimum atomic E-state index is -1.60. The Kier molecular flexibility index (Phi) is 34.0. The van der Waals surface area contributed by atoms with Crippen molar-refractivity contribution in [3.8, 4) is 0 Å². The maximum atomic E-state index is 12.7. The second-order valence-electron chi connectivity index (χ2n) is 15.5. The monoisotopic (exact) mass is 783 g/mol. The predicted molar refractivity (Wildman–Crippen MR) is 219 cm³/mol. The van der Waals surface area contributed by atoms with Crippen molar-refractivity contribution in [2.24, 2.45) is 0 Å². The normalized spacial score (nSPS) is 20.7. The molecule has 55 heavy (non-hydrogen) atoms. The SMILES string of the molecule is CCCCCCCC/C=C/C/C=C/CCC(=O)OC(COC(=O)CCCCCCCCCCCCCCCCCCC)CO[C@H]1O[C@@H](CO)[C@@H](O)C(O)C1O. The summed E-state index contributed by atoms with van der Waals surface area (Å²) in [6.45, 7) is 3.37. The molecule has 1 heterocycles. The molecule has 0 aromatic heterocycles. The van der Waals surface area contributed by atoms with Crippen molar-refractivity contribution < 1.29 is 49.0 Å². The lowest BCUT2D eigenvalue weighted by Crippen LogP contribution is -2.59. The lowest BCUT2D eigenvalue weighted by Gasteiger charge is -2.39. The number of hydrogen-bond donors (Lipinski definition) is 4. The first-order chi connectivity index (χ1) is 26.8. The number of aliphatic hydroxyl groups is 4. The molecule has 0 saturated carbocycles. The van der Waals surface area contributed by atoms with E-state index in [-0.39, 0.29) is 32.0 Å². The van der Waals surface area contributed by atoms with E-state index in [4.69, 9.17) is 18.9 Å². The third kappa shape index (κ3) is 28.3. The van der Waals surface area contributed by atoms with Gasteiger partial charge in [-0.1, -0.05) is 173 Å². The van der Waals surface area contributed by atoms with Crippen LogP contribution >= 0.6 is 0 Å². The van der Waals surface area contributed by atoms with E-state index in [1.807, 2.05) is 12.2 Å². The largest absolute Gasteiger partial charge is 0.462 e. The Balaban J connectivity index is 2.34. The van der Waals surface area contributed by atoms with E-state index in [1.165, 1.54) is 128 Å². The van der Waals surface area contributed by atoms with Gasteiger partial charge in [0, 0.05) is 12.8 Å². The minimum absolute atomic E-state index is 0.127. The molecule has 1 aliphatic rings. The second-order valence-corrected chi connectivity index (χ2v) is 15.5. The number of carbonyl (C=O) groups excluding carboxylic acids is 2. The van der Waals surface area contributed by atoms with Gasteiger partial charge in [-0.2, -0.15) is 0 Å². The molecule has 1 aliphatic heterocycles. The van der Waals surface area contributed by atoms with Crippen LogP contribution in [0.15, 0.2) is 24.3 Å². The van der Waals surface area contributed by atoms with Crippen LogP contribution in [0.2, 0.25) is 0 Å². The summed E-state index contributed by atoms with van der Waals surface area (Å²) in [6, 6.07) is 0. The topological polar surface area (TPSA) is 152 Å². The molecule has 1 rings (SSSR count). The molecule has 0 amide bonds. The molecule has 4 N–H and O–H groups in total. The number of ether oxygens (including phenoxy) is 4. The van der Waals surface area contributed by atoms with E-state index in [0.717, 1.165) is 32.1 Å². The molecule has 1 fully saturated rings. The number of rotatable bonds is 37. The number of unbranched alkanes of at least 4 members (excludes halogenated alkanes) is 22. The number of carbonyl (C=O) groups is 2. The molecule has 10 heteroatoms. The van der Waals surface area contributed by atoms with E-state index in [2.05, 4.69) is 26.0 Å². The highest BCUT2D eigenvalue weighted by molar-refractivity contribution is 5.70. The molecule has 0 spiro atoms. The van der Waals surface area contributed by atoms with Crippen molar-refractivity contribution in [3.05, 3.63) is 24.3 Å². The summed E-state index contributed by atoms with van der Waals surface area (Å²) in [4.78, 5) is 25.3. The summed E-state index contributed by atoms with van der Waals surface area (Å²) in [5.41, 5.74) is 0. The van der Waals surface area contributed by atoms with E-state index in [1.54, 1.807) is 0 Å². The quantitative estimate of drug-likeness (QED) is 0.0273. The summed E-state index contributed by atoms with van der Waals surface area (Å²) in [5.74, 6) is -0.878. The van der Waals surface area contributed by atoms with Gasteiger partial charge in [0.15, 0.2) is 12.4 Å². The van der Waals surface area contributed by atoms with Gasteiger partial charge in [-0.05, 0) is 32.1 Å². The van der Waals surface area contributed by atoms with Gasteiger partial charge >= 0.3 is 11.9 Å². The smallest absolute Gasteiger partial charge is 0.306 e. The summed E-state index contributed by atoms with van der Waals surface area (Å²) in [6.07, 6.45) is 32.0. The van der Waals surface area contributed by atoms with Crippen molar-refractivity contribution in [1.29, 1.82) is 0 Å². The Bertz CT molecular complexity index is 954. The molecular weight excluding hydrogens is 700 g/mol. The van der Waals surface area contributed by atoms with E-state index < -0.39 is 49.4 Å². The third-order valence-electron chi connectivity index (χ3n) is 10.4. The molecule has 0 aromatic rings. The maximum Gasteiger partial charge on any atom is 0.306 e. The van der Waals surface area contributed by atoms with Crippen LogP contribution in [0.25, 0.3) is 0 Å². The molecular formula is C45H82O10. The Morgan fingerprint density at radius 2 is 1.05 bits per heavy atom. The third-order valence-corrected chi connectivity index (χ3v) is 10.4. The van der Waals surface area contributed by atoms with Crippen molar-refractivity contribution in [3.63, 3.8) is 0 Å². The van der Waals surface area contributed by atoms with Gasteiger partial charge in [0.05, 0.1) is 13.2 Å². The number of aliphatic hydroxyl groups excluding tert-OH is 4. The van der Waals surface area contributed by atoms with E-state index in [9.17, 15) is 30.0 Å². The molecule has 0 aromatic carbocycles. The minimum Gasteiger partial charge on any atom is -0.462 e. The van der Waals surface area contributed by atoms with E-state index in [0.29, 0.717) is 6.42 Å². The highest BCUT2D eigenvalue weighted by Crippen LogP contribution is 2.22. The van der Waals surface area contributed by atoms with Crippen LogP contribution < -0.4 is 0 Å². The lowest BCUT2D eigenvalue weighted by molar-refractivity contribution is -0.305. The van der Waals surface area contributed by atoms with E-state index >= 15 is 0 Å². The molecule has 6 atom stereocenters. The van der Waals surface area contributed by atoms with Crippen LogP contribution in [0.3, 0.4) is 0 Å². The van der Waals surface area contributed by atoms with Gasteiger partial charge in [0.2, 0.25) is 0 Å². The van der Waals surface area contributed by atoms with Crippen LogP contribution in [0.5, 0.6) is 0 Å². The molecule has 1 saturated heterocycles. The fourth-order valence-corrected chi connectivity index (χ4v) is 6.77. The van der Waals surface area contributed by atoms with Gasteiger partial charge in [-0.25, -0.2) is 0 Å². The van der Waals surface area contributed by atoms with Crippen LogP contribution in [0.1, 0.15) is 194 Å². The first kappa shape index (κ1) is 51.2. The molecule has 3 unspecified atom stereocenters. The molecule has 322 valence electrons. The Morgan fingerprint density at radius 3 is 1.58 bits per heavy atom. The second kappa shape index (κ2) is 36.5. The average molecular weight is 783 g/mol. The Morgan fingerprint density at radius 1 is 0.564 bits per heavy atom. The number of hydrogen-bond acceptors (Lipinski definition) is 10. The summed E-state index contributed by atoms with van der Waals surface area (Å²) in [5, 5.41) is 40.0. The van der Waals surface area contributed by atoms with Crippen molar-refractivity contribution in [2.45, 2.75) is 230 Å². The lowest BCUT2D eigenvalue weighted by atomic mass is 9.99. The van der Waals surface area contributed by atoms with Crippen molar-refractivity contribution in [1.82, 2.24) is 0 Å². The van der Waals surface area contributed by atoms with Crippen LogP contribution in [0.4, 0.5) is 0 Å². The molecule has 0 aliphatic carbocycles. The molecule has 0 radical (unpaired) electrons. The van der Waals surface area contributed by atoms with Gasteiger partial charge in [0.1, 0.15) is 31.0 Å². The predicted octanol–water partition coefficient (Wildman–Crippen LogP) is 9.33. The van der Waals surface area contributed by atoms with Crippen molar-refractivity contribution >= 4 is 11.9 Å². The standard InChI is InChI=1S/C45H82O10/c1-3-5-7-9-11-13-15-17-18-19-20-22-23-25-27-29-31-33-40(47)52-36-38(37-53-45-44(51)43(50)42(49)39(35-46)55-45)54-41(48)34-32-30-28-26-24-21-16-14-12-10-8-6-4-2/h21,24,28,30,38-39,42-46,49-51H,3-20,22-23,25-27,29,31-37H2,1-2H3/b24-21+,30-28+/t38?,39-,42+,43?,44?,45-/m0/s1. The molecule has 10 nitrogen and oxygen atoms in total. The zero-order valence-corrected chi connectivity index (χ0v) is 34.9. The highest BCUT2D eigenvalue weighted by atomic mass is 16.7. The fraction of sp³-hybridized carbons (Fsp3) is 0.867. The number of allylic oxidation sites excluding steroid dienone is 4. The Labute approximate surface area is 334 Å². The maximum absolute atomic E-state index is 12.7.